The van der Waals surface area contributed by atoms with E-state index in [0.29, 0.717) is 12.5 Å². The summed E-state index contributed by atoms with van der Waals surface area (Å²) in [5, 5.41) is 4.29. The van der Waals surface area contributed by atoms with Gasteiger partial charge in [0.15, 0.2) is 9.84 Å². The average Bonchev–Trinajstić information content (AvgIpc) is 2.55. The van der Waals surface area contributed by atoms with Crippen LogP contribution in [0, 0.1) is 0 Å². The van der Waals surface area contributed by atoms with E-state index in [2.05, 4.69) is 24.1 Å². The number of thiazole rings is 1. The first-order valence-electron chi connectivity index (χ1n) is 5.37. The third kappa shape index (κ3) is 2.81. The maximum atomic E-state index is 11.5. The van der Waals surface area contributed by atoms with Crippen LogP contribution in [0.25, 0.3) is 0 Å². The first-order valence-corrected chi connectivity index (χ1v) is 8.01. The van der Waals surface area contributed by atoms with Crippen molar-refractivity contribution in [2.75, 3.05) is 5.75 Å². The highest BCUT2D eigenvalue weighted by Crippen LogP contribution is 2.26. The molecule has 0 aliphatic carbocycles. The molecule has 16 heavy (non-hydrogen) atoms. The van der Waals surface area contributed by atoms with Crippen molar-refractivity contribution in [3.05, 3.63) is 15.6 Å². The molecule has 0 amide bonds. The predicted molar refractivity (Wildman–Crippen MR) is 65.3 cm³/mol. The molecule has 0 bridgehead atoms. The molecule has 0 fully saturated rings. The van der Waals surface area contributed by atoms with Crippen LogP contribution in [0.2, 0.25) is 0 Å². The molecule has 0 radical (unpaired) electrons. The number of aromatic nitrogens is 1. The Morgan fingerprint density at radius 3 is 2.94 bits per heavy atom. The van der Waals surface area contributed by atoms with Gasteiger partial charge in [0.25, 0.3) is 0 Å². The topological polar surface area (TPSA) is 59.1 Å². The van der Waals surface area contributed by atoms with E-state index < -0.39 is 9.84 Å². The second-order valence-electron chi connectivity index (χ2n) is 4.36. The SMILES string of the molecule is CC(C)NCc1nc2c(s1)CS(=O)(=O)CC2. The average molecular weight is 260 g/mol. The molecule has 0 atom stereocenters. The van der Waals surface area contributed by atoms with Crippen LogP contribution in [0.3, 0.4) is 0 Å². The Balaban J connectivity index is 2.12. The van der Waals surface area contributed by atoms with E-state index in [1.807, 2.05) is 0 Å². The molecule has 1 aliphatic heterocycles. The fraction of sp³-hybridized carbons (Fsp3) is 0.700. The lowest BCUT2D eigenvalue weighted by Gasteiger charge is -2.09. The van der Waals surface area contributed by atoms with Gasteiger partial charge in [-0.05, 0) is 0 Å². The summed E-state index contributed by atoms with van der Waals surface area (Å²) in [6.07, 6.45) is 0.579. The van der Waals surface area contributed by atoms with Gasteiger partial charge < -0.3 is 5.32 Å². The smallest absolute Gasteiger partial charge is 0.155 e. The molecule has 0 spiro atoms. The van der Waals surface area contributed by atoms with Gasteiger partial charge in [0.2, 0.25) is 0 Å². The summed E-state index contributed by atoms with van der Waals surface area (Å²) in [5.74, 6) is 0.433. The maximum absolute atomic E-state index is 11.5. The Hall–Kier alpha value is -0.460. The van der Waals surface area contributed by atoms with Gasteiger partial charge in [-0.3, -0.25) is 0 Å². The van der Waals surface area contributed by atoms with Crippen molar-refractivity contribution in [2.45, 2.75) is 38.6 Å². The van der Waals surface area contributed by atoms with Crippen LogP contribution in [0.5, 0.6) is 0 Å². The summed E-state index contributed by atoms with van der Waals surface area (Å²) >= 11 is 1.53. The van der Waals surface area contributed by atoms with Gasteiger partial charge in [-0.15, -0.1) is 11.3 Å². The number of aryl methyl sites for hydroxylation is 1. The van der Waals surface area contributed by atoms with Crippen LogP contribution < -0.4 is 5.32 Å². The van der Waals surface area contributed by atoms with Crippen molar-refractivity contribution in [2.24, 2.45) is 0 Å². The second-order valence-corrected chi connectivity index (χ2v) is 7.71. The lowest BCUT2D eigenvalue weighted by molar-refractivity contribution is 0.585. The third-order valence-electron chi connectivity index (χ3n) is 2.48. The zero-order valence-electron chi connectivity index (χ0n) is 9.49. The van der Waals surface area contributed by atoms with E-state index in [1.54, 1.807) is 0 Å². The van der Waals surface area contributed by atoms with Crippen LogP contribution >= 0.6 is 11.3 Å². The number of nitrogens with zero attached hydrogens (tertiary/aromatic N) is 1. The number of sulfone groups is 1. The molecule has 1 N–H and O–H groups in total. The van der Waals surface area contributed by atoms with Gasteiger partial charge in [0.1, 0.15) is 5.01 Å². The van der Waals surface area contributed by atoms with Crippen molar-refractivity contribution in [3.8, 4) is 0 Å². The molecule has 1 aromatic rings. The Morgan fingerprint density at radius 1 is 1.50 bits per heavy atom. The Morgan fingerprint density at radius 2 is 2.25 bits per heavy atom. The van der Waals surface area contributed by atoms with Gasteiger partial charge in [0, 0.05) is 23.9 Å². The summed E-state index contributed by atoms with van der Waals surface area (Å²) < 4.78 is 22.9. The molecule has 2 rings (SSSR count). The van der Waals surface area contributed by atoms with Crippen LogP contribution in [0.15, 0.2) is 0 Å². The molecule has 1 aromatic heterocycles. The summed E-state index contributed by atoms with van der Waals surface area (Å²) in [6.45, 7) is 4.89. The molecule has 2 heterocycles. The number of hydrogen-bond donors (Lipinski definition) is 1. The second kappa shape index (κ2) is 4.43. The molecule has 0 saturated carbocycles. The summed E-state index contributed by atoms with van der Waals surface area (Å²) in [5.41, 5.74) is 0.986. The summed E-state index contributed by atoms with van der Waals surface area (Å²) in [7, 11) is -2.86. The zero-order chi connectivity index (χ0) is 11.8. The van der Waals surface area contributed by atoms with E-state index in [9.17, 15) is 8.42 Å². The first kappa shape index (κ1) is 12.0. The van der Waals surface area contributed by atoms with E-state index >= 15 is 0 Å². The van der Waals surface area contributed by atoms with Crippen molar-refractivity contribution >= 4 is 21.2 Å². The maximum Gasteiger partial charge on any atom is 0.155 e. The number of nitrogens with one attached hydrogen (secondary N) is 1. The Labute approximate surface area is 100 Å². The van der Waals surface area contributed by atoms with Crippen LogP contribution in [-0.4, -0.2) is 25.2 Å². The quantitative estimate of drug-likeness (QED) is 0.884. The molecule has 90 valence electrons. The molecule has 1 aliphatic rings. The normalized spacial score (nSPS) is 18.7. The minimum absolute atomic E-state index is 0.182. The fourth-order valence-electron chi connectivity index (χ4n) is 1.64. The van der Waals surface area contributed by atoms with Crippen LogP contribution in [0.4, 0.5) is 0 Å². The largest absolute Gasteiger partial charge is 0.308 e. The standard InChI is InChI=1S/C10H16N2O2S2/c1-7(2)11-5-10-12-8-3-4-16(13,14)6-9(8)15-10/h7,11H,3-6H2,1-2H3. The fourth-order valence-corrected chi connectivity index (χ4v) is 4.49. The van der Waals surface area contributed by atoms with Crippen LogP contribution in [0.1, 0.15) is 29.4 Å². The molecule has 4 nitrogen and oxygen atoms in total. The van der Waals surface area contributed by atoms with Gasteiger partial charge in [-0.1, -0.05) is 13.8 Å². The monoisotopic (exact) mass is 260 g/mol. The lowest BCUT2D eigenvalue weighted by Crippen LogP contribution is -2.21. The summed E-state index contributed by atoms with van der Waals surface area (Å²) in [4.78, 5) is 5.42. The lowest BCUT2D eigenvalue weighted by atomic mass is 10.3. The van der Waals surface area contributed by atoms with Gasteiger partial charge >= 0.3 is 0 Å². The zero-order valence-corrected chi connectivity index (χ0v) is 11.1. The molecule has 0 unspecified atom stereocenters. The highest BCUT2D eigenvalue weighted by atomic mass is 32.2. The molecular formula is C10H16N2O2S2. The number of hydrogen-bond acceptors (Lipinski definition) is 5. The van der Waals surface area contributed by atoms with Crippen molar-refractivity contribution < 1.29 is 8.42 Å². The predicted octanol–water partition coefficient (Wildman–Crippen LogP) is 1.11. The molecule has 6 heteroatoms. The minimum atomic E-state index is -2.86. The van der Waals surface area contributed by atoms with Crippen molar-refractivity contribution in [3.63, 3.8) is 0 Å². The summed E-state index contributed by atoms with van der Waals surface area (Å²) in [6, 6.07) is 0.421. The highest BCUT2D eigenvalue weighted by Gasteiger charge is 2.24. The van der Waals surface area contributed by atoms with Gasteiger partial charge in [-0.2, -0.15) is 0 Å². The number of fused-ring (bicyclic) bond motifs is 1. The molecule has 0 saturated heterocycles. The van der Waals surface area contributed by atoms with Gasteiger partial charge in [0.05, 0.1) is 17.2 Å². The first-order chi connectivity index (χ1) is 7.46. The van der Waals surface area contributed by atoms with E-state index in [1.165, 1.54) is 11.3 Å². The molecule has 0 aromatic carbocycles. The van der Waals surface area contributed by atoms with Crippen LogP contribution in [-0.2, 0) is 28.6 Å². The highest BCUT2D eigenvalue weighted by molar-refractivity contribution is 7.90. The van der Waals surface area contributed by atoms with E-state index in [4.69, 9.17) is 0 Å². The Kier molecular flexibility index (Phi) is 3.32. The third-order valence-corrected chi connectivity index (χ3v) is 5.32. The Bertz CT molecular complexity index is 477. The van der Waals surface area contributed by atoms with E-state index in [-0.39, 0.29) is 11.5 Å². The van der Waals surface area contributed by atoms with Gasteiger partial charge in [-0.25, -0.2) is 13.4 Å². The van der Waals surface area contributed by atoms with Crippen molar-refractivity contribution in [1.82, 2.24) is 10.3 Å². The number of rotatable bonds is 3. The van der Waals surface area contributed by atoms with E-state index in [0.717, 1.165) is 22.1 Å². The molecular weight excluding hydrogens is 244 g/mol. The van der Waals surface area contributed by atoms with Crippen molar-refractivity contribution in [1.29, 1.82) is 0 Å². The minimum Gasteiger partial charge on any atom is -0.308 e.